The minimum atomic E-state index is -0.655. The van der Waals surface area contributed by atoms with Crippen LogP contribution >= 0.6 is 0 Å². The molecular formula is C12H15N3O4. The number of nitrogens with zero attached hydrogens (tertiary/aromatic N) is 2. The Hall–Kier alpha value is -2.31. The van der Waals surface area contributed by atoms with E-state index in [1.165, 1.54) is 6.07 Å². The number of hydrogen-bond acceptors (Lipinski definition) is 5. The predicted molar refractivity (Wildman–Crippen MR) is 67.7 cm³/mol. The molecule has 102 valence electrons. The van der Waals surface area contributed by atoms with Gasteiger partial charge in [-0.05, 0) is 22.4 Å². The zero-order chi connectivity index (χ0) is 14.4. The van der Waals surface area contributed by atoms with E-state index in [1.54, 1.807) is 6.92 Å². The summed E-state index contributed by atoms with van der Waals surface area (Å²) in [6.07, 6.45) is 1.45. The fourth-order valence-electron chi connectivity index (χ4n) is 1.47. The molecule has 0 aliphatic carbocycles. The summed E-state index contributed by atoms with van der Waals surface area (Å²) >= 11 is 0. The summed E-state index contributed by atoms with van der Waals surface area (Å²) in [4.78, 5) is 36.8. The van der Waals surface area contributed by atoms with Crippen molar-refractivity contribution < 1.29 is 14.5 Å². The van der Waals surface area contributed by atoms with Gasteiger partial charge in [0.2, 0.25) is 5.91 Å². The first-order chi connectivity index (χ1) is 8.97. The van der Waals surface area contributed by atoms with Crippen LogP contribution in [-0.2, 0) is 11.2 Å². The molecule has 7 heteroatoms. The van der Waals surface area contributed by atoms with Gasteiger partial charge >= 0.3 is 5.82 Å². The number of nitro groups is 1. The second kappa shape index (κ2) is 6.58. The number of aromatic nitrogens is 1. The number of aryl methyl sites for hydroxylation is 1. The molecule has 7 nitrogen and oxygen atoms in total. The molecule has 0 aliphatic rings. The van der Waals surface area contributed by atoms with Gasteiger partial charge in [-0.3, -0.25) is 14.9 Å². The van der Waals surface area contributed by atoms with Gasteiger partial charge in [0, 0.05) is 18.9 Å². The summed E-state index contributed by atoms with van der Waals surface area (Å²) in [5.74, 6) is -1.46. The third kappa shape index (κ3) is 4.13. The Labute approximate surface area is 110 Å². The monoisotopic (exact) mass is 265 g/mol. The van der Waals surface area contributed by atoms with Crippen LogP contribution in [0.2, 0.25) is 0 Å². The van der Waals surface area contributed by atoms with Crippen LogP contribution < -0.4 is 5.32 Å². The average Bonchev–Trinajstić information content (AvgIpc) is 2.38. The molecule has 0 fully saturated rings. The van der Waals surface area contributed by atoms with Crippen LogP contribution in [0.3, 0.4) is 0 Å². The summed E-state index contributed by atoms with van der Waals surface area (Å²) in [6, 6.07) is 2.53. The maximum atomic E-state index is 11.8. The number of amides is 2. The van der Waals surface area contributed by atoms with Gasteiger partial charge in [0.05, 0.1) is 5.56 Å². The second-order valence-electron chi connectivity index (χ2n) is 3.94. The van der Waals surface area contributed by atoms with Crippen molar-refractivity contribution in [3.63, 3.8) is 0 Å². The van der Waals surface area contributed by atoms with Gasteiger partial charge in [-0.1, -0.05) is 13.8 Å². The second-order valence-corrected chi connectivity index (χ2v) is 3.94. The third-order valence-electron chi connectivity index (χ3n) is 2.39. The predicted octanol–water partition coefficient (Wildman–Crippen LogP) is 1.61. The van der Waals surface area contributed by atoms with Crippen molar-refractivity contribution in [2.45, 2.75) is 33.1 Å². The SMILES string of the molecule is CCCc1cc(C(=O)NC(=O)CC)cc([N+](=O)[O-])n1. The van der Waals surface area contributed by atoms with Gasteiger partial charge in [-0.25, -0.2) is 0 Å². The molecule has 1 aromatic heterocycles. The minimum Gasteiger partial charge on any atom is -0.358 e. The number of nitrogens with one attached hydrogen (secondary N) is 1. The van der Waals surface area contributed by atoms with Gasteiger partial charge in [-0.15, -0.1) is 0 Å². The van der Waals surface area contributed by atoms with Crippen molar-refractivity contribution in [3.05, 3.63) is 33.5 Å². The zero-order valence-electron chi connectivity index (χ0n) is 10.8. The quantitative estimate of drug-likeness (QED) is 0.643. The Morgan fingerprint density at radius 2 is 2.05 bits per heavy atom. The van der Waals surface area contributed by atoms with Crippen LogP contribution in [0.25, 0.3) is 0 Å². The molecular weight excluding hydrogens is 250 g/mol. The summed E-state index contributed by atoms with van der Waals surface area (Å²) in [5, 5.41) is 12.9. The first-order valence-electron chi connectivity index (χ1n) is 5.97. The highest BCUT2D eigenvalue weighted by atomic mass is 16.6. The Bertz CT molecular complexity index is 514. The topological polar surface area (TPSA) is 102 Å². The third-order valence-corrected chi connectivity index (χ3v) is 2.39. The van der Waals surface area contributed by atoms with Crippen LogP contribution in [0.4, 0.5) is 5.82 Å². The lowest BCUT2D eigenvalue weighted by atomic mass is 10.1. The van der Waals surface area contributed by atoms with Crippen molar-refractivity contribution in [1.29, 1.82) is 0 Å². The number of carbonyl (C=O) groups is 2. The highest BCUT2D eigenvalue weighted by Crippen LogP contribution is 2.14. The zero-order valence-corrected chi connectivity index (χ0v) is 10.8. The fraction of sp³-hybridized carbons (Fsp3) is 0.417. The van der Waals surface area contributed by atoms with Gasteiger partial charge in [-0.2, -0.15) is 0 Å². The molecule has 0 radical (unpaired) electrons. The summed E-state index contributed by atoms with van der Waals surface area (Å²) in [6.45, 7) is 3.51. The van der Waals surface area contributed by atoms with Crippen LogP contribution in [0.5, 0.6) is 0 Å². The number of rotatable bonds is 5. The lowest BCUT2D eigenvalue weighted by molar-refractivity contribution is -0.389. The van der Waals surface area contributed by atoms with Crippen LogP contribution in [0.15, 0.2) is 12.1 Å². The molecule has 0 unspecified atom stereocenters. The molecule has 0 spiro atoms. The Morgan fingerprint density at radius 3 is 2.58 bits per heavy atom. The molecule has 0 saturated carbocycles. The normalized spacial score (nSPS) is 10.0. The van der Waals surface area contributed by atoms with E-state index in [9.17, 15) is 19.7 Å². The van der Waals surface area contributed by atoms with E-state index in [-0.39, 0.29) is 17.8 Å². The largest absolute Gasteiger partial charge is 0.364 e. The maximum absolute atomic E-state index is 11.8. The first kappa shape index (κ1) is 14.7. The molecule has 0 saturated heterocycles. The Kier molecular flexibility index (Phi) is 5.11. The van der Waals surface area contributed by atoms with Gasteiger partial charge in [0.25, 0.3) is 5.91 Å². The van der Waals surface area contributed by atoms with Crippen molar-refractivity contribution in [2.24, 2.45) is 0 Å². The fourth-order valence-corrected chi connectivity index (χ4v) is 1.47. The highest BCUT2D eigenvalue weighted by Gasteiger charge is 2.18. The van der Waals surface area contributed by atoms with Gasteiger partial charge in [0.1, 0.15) is 0 Å². The smallest absolute Gasteiger partial charge is 0.358 e. The lowest BCUT2D eigenvalue weighted by Crippen LogP contribution is -2.29. The Balaban J connectivity index is 3.08. The molecule has 1 aromatic rings. The molecule has 2 amide bonds. The summed E-state index contributed by atoms with van der Waals surface area (Å²) < 4.78 is 0. The highest BCUT2D eigenvalue weighted by molar-refractivity contribution is 6.04. The molecule has 1 heterocycles. The molecule has 1 N–H and O–H groups in total. The van der Waals surface area contributed by atoms with Gasteiger partial charge in [0.15, 0.2) is 5.69 Å². The standard InChI is InChI=1S/C12H15N3O4/c1-3-5-9-6-8(7-10(13-9)15(18)19)12(17)14-11(16)4-2/h6-7H,3-5H2,1-2H3,(H,14,16,17). The Morgan fingerprint density at radius 1 is 1.37 bits per heavy atom. The number of hydrogen-bond donors (Lipinski definition) is 1. The minimum absolute atomic E-state index is 0.0759. The van der Waals surface area contributed by atoms with E-state index >= 15 is 0 Å². The molecule has 0 aromatic carbocycles. The van der Waals surface area contributed by atoms with Crippen molar-refractivity contribution >= 4 is 17.6 Å². The first-order valence-corrected chi connectivity index (χ1v) is 5.97. The van der Waals surface area contributed by atoms with E-state index in [2.05, 4.69) is 10.3 Å². The average molecular weight is 265 g/mol. The summed E-state index contributed by atoms with van der Waals surface area (Å²) in [7, 11) is 0. The maximum Gasteiger partial charge on any atom is 0.364 e. The van der Waals surface area contributed by atoms with E-state index < -0.39 is 16.7 Å². The molecule has 19 heavy (non-hydrogen) atoms. The number of pyridine rings is 1. The van der Waals surface area contributed by atoms with Crippen LogP contribution in [0, 0.1) is 10.1 Å². The molecule has 0 atom stereocenters. The van der Waals surface area contributed by atoms with E-state index in [1.807, 2.05) is 6.92 Å². The number of imide groups is 1. The molecule has 0 aliphatic heterocycles. The van der Waals surface area contributed by atoms with Crippen molar-refractivity contribution in [3.8, 4) is 0 Å². The van der Waals surface area contributed by atoms with E-state index in [0.717, 1.165) is 12.5 Å². The van der Waals surface area contributed by atoms with Crippen LogP contribution in [0.1, 0.15) is 42.7 Å². The molecule has 1 rings (SSSR count). The van der Waals surface area contributed by atoms with Crippen molar-refractivity contribution in [1.82, 2.24) is 10.3 Å². The summed E-state index contributed by atoms with van der Waals surface area (Å²) in [5.41, 5.74) is 0.540. The van der Waals surface area contributed by atoms with E-state index in [0.29, 0.717) is 12.1 Å². The number of carbonyl (C=O) groups excluding carboxylic acids is 2. The van der Waals surface area contributed by atoms with Crippen molar-refractivity contribution in [2.75, 3.05) is 0 Å². The van der Waals surface area contributed by atoms with Crippen LogP contribution in [-0.4, -0.2) is 21.7 Å². The van der Waals surface area contributed by atoms with E-state index in [4.69, 9.17) is 0 Å². The lowest BCUT2D eigenvalue weighted by Gasteiger charge is -2.03. The van der Waals surface area contributed by atoms with Gasteiger partial charge < -0.3 is 10.1 Å². The molecule has 0 bridgehead atoms.